The molecule has 1 heterocycles. The third kappa shape index (κ3) is 3.52. The molecule has 0 amide bonds. The van der Waals surface area contributed by atoms with Crippen LogP contribution < -0.4 is 4.90 Å². The molecule has 0 aromatic heterocycles. The molecule has 2 aromatic rings. The van der Waals surface area contributed by atoms with Gasteiger partial charge in [0, 0.05) is 36.8 Å². The minimum absolute atomic E-state index is 0.150. The van der Waals surface area contributed by atoms with Gasteiger partial charge in [-0.15, -0.1) is 0 Å². The molecule has 0 aliphatic carbocycles. The largest absolute Gasteiger partial charge is 0.371 e. The highest BCUT2D eigenvalue weighted by Gasteiger charge is 2.22. The highest BCUT2D eigenvalue weighted by molar-refractivity contribution is 5.51. The summed E-state index contributed by atoms with van der Waals surface area (Å²) in [5.41, 5.74) is 3.99. The van der Waals surface area contributed by atoms with E-state index < -0.39 is 0 Å². The maximum absolute atomic E-state index is 10.8. The lowest BCUT2D eigenvalue weighted by Crippen LogP contribution is -2.34. The summed E-state index contributed by atoms with van der Waals surface area (Å²) in [4.78, 5) is 12.8. The number of benzene rings is 2. The van der Waals surface area contributed by atoms with Crippen molar-refractivity contribution in [1.82, 2.24) is 0 Å². The number of nitrogens with zero attached hydrogens (tertiary/aromatic N) is 2. The molecule has 1 aliphatic heterocycles. The molecule has 120 valence electrons. The third-order valence-corrected chi connectivity index (χ3v) is 4.71. The smallest absolute Gasteiger partial charge is 0.269 e. The number of nitro benzene ring substituents is 1. The minimum atomic E-state index is -0.349. The molecule has 1 aliphatic rings. The Morgan fingerprint density at radius 1 is 1.13 bits per heavy atom. The second-order valence-corrected chi connectivity index (χ2v) is 6.15. The summed E-state index contributed by atoms with van der Waals surface area (Å²) in [6, 6.07) is 15.9. The molecule has 0 radical (unpaired) electrons. The van der Waals surface area contributed by atoms with Crippen LogP contribution in [0.3, 0.4) is 0 Å². The number of non-ortho nitro benzene ring substituents is 1. The molecule has 1 atom stereocenters. The van der Waals surface area contributed by atoms with Crippen molar-refractivity contribution in [1.29, 1.82) is 0 Å². The van der Waals surface area contributed by atoms with E-state index in [2.05, 4.69) is 36.1 Å². The number of aryl methyl sites for hydroxylation is 1. The molecule has 4 nitrogen and oxygen atoms in total. The van der Waals surface area contributed by atoms with E-state index in [4.69, 9.17) is 0 Å². The molecule has 0 N–H and O–H groups in total. The summed E-state index contributed by atoms with van der Waals surface area (Å²) < 4.78 is 0. The maximum Gasteiger partial charge on any atom is 0.269 e. The fourth-order valence-electron chi connectivity index (χ4n) is 3.29. The van der Waals surface area contributed by atoms with E-state index in [1.165, 1.54) is 17.5 Å². The van der Waals surface area contributed by atoms with Gasteiger partial charge in [0.25, 0.3) is 5.69 Å². The zero-order chi connectivity index (χ0) is 16.2. The van der Waals surface area contributed by atoms with Gasteiger partial charge in [-0.25, -0.2) is 0 Å². The van der Waals surface area contributed by atoms with Gasteiger partial charge in [0.1, 0.15) is 0 Å². The van der Waals surface area contributed by atoms with Crippen molar-refractivity contribution in [2.45, 2.75) is 32.1 Å². The molecule has 4 heteroatoms. The van der Waals surface area contributed by atoms with Gasteiger partial charge >= 0.3 is 0 Å². The fraction of sp³-hybridized carbons (Fsp3) is 0.368. The van der Waals surface area contributed by atoms with E-state index in [0.717, 1.165) is 31.6 Å². The number of hydrogen-bond acceptors (Lipinski definition) is 3. The fourth-order valence-corrected chi connectivity index (χ4v) is 3.29. The Labute approximate surface area is 136 Å². The number of piperidine rings is 1. The summed E-state index contributed by atoms with van der Waals surface area (Å²) >= 11 is 0. The van der Waals surface area contributed by atoms with E-state index in [1.54, 1.807) is 12.1 Å². The molecule has 23 heavy (non-hydrogen) atoms. The van der Waals surface area contributed by atoms with Crippen molar-refractivity contribution >= 4 is 11.4 Å². The van der Waals surface area contributed by atoms with E-state index >= 15 is 0 Å². The number of anilines is 1. The van der Waals surface area contributed by atoms with Crippen molar-refractivity contribution in [2.75, 3.05) is 18.0 Å². The zero-order valence-corrected chi connectivity index (χ0v) is 13.4. The van der Waals surface area contributed by atoms with Gasteiger partial charge in [-0.2, -0.15) is 0 Å². The first kappa shape index (κ1) is 15.5. The van der Waals surface area contributed by atoms with Gasteiger partial charge in [-0.3, -0.25) is 10.1 Å². The van der Waals surface area contributed by atoms with E-state index in [-0.39, 0.29) is 10.6 Å². The second kappa shape index (κ2) is 6.82. The van der Waals surface area contributed by atoms with Crippen LogP contribution in [-0.4, -0.2) is 18.0 Å². The lowest BCUT2D eigenvalue weighted by atomic mass is 9.89. The van der Waals surface area contributed by atoms with Crippen molar-refractivity contribution in [3.8, 4) is 0 Å². The predicted molar refractivity (Wildman–Crippen MR) is 93.1 cm³/mol. The SMILES string of the molecule is CCc1ccc(C2CCCN(c3ccc([N+](=O)[O-])cc3)C2)cc1. The van der Waals surface area contributed by atoms with Crippen LogP contribution in [0.4, 0.5) is 11.4 Å². The van der Waals surface area contributed by atoms with Crippen LogP contribution in [0.2, 0.25) is 0 Å². The predicted octanol–water partition coefficient (Wildman–Crippen LogP) is 4.54. The molecule has 3 rings (SSSR count). The molecule has 1 fully saturated rings. The average Bonchev–Trinajstić information content (AvgIpc) is 2.62. The maximum atomic E-state index is 10.8. The second-order valence-electron chi connectivity index (χ2n) is 6.15. The van der Waals surface area contributed by atoms with E-state index in [9.17, 15) is 10.1 Å². The van der Waals surface area contributed by atoms with Crippen LogP contribution in [0.1, 0.15) is 36.8 Å². The Morgan fingerprint density at radius 2 is 1.83 bits per heavy atom. The summed E-state index contributed by atoms with van der Waals surface area (Å²) in [5.74, 6) is 0.532. The molecule has 1 unspecified atom stereocenters. The Balaban J connectivity index is 1.73. The minimum Gasteiger partial charge on any atom is -0.371 e. The first-order chi connectivity index (χ1) is 11.2. The number of nitro groups is 1. The summed E-state index contributed by atoms with van der Waals surface area (Å²) in [7, 11) is 0. The van der Waals surface area contributed by atoms with Gasteiger partial charge in [0.15, 0.2) is 0 Å². The quantitative estimate of drug-likeness (QED) is 0.615. The van der Waals surface area contributed by atoms with Gasteiger partial charge < -0.3 is 4.90 Å². The van der Waals surface area contributed by atoms with Gasteiger partial charge in [-0.1, -0.05) is 31.2 Å². The lowest BCUT2D eigenvalue weighted by molar-refractivity contribution is -0.384. The number of hydrogen-bond donors (Lipinski definition) is 0. The number of rotatable bonds is 4. The van der Waals surface area contributed by atoms with Crippen LogP contribution in [0.5, 0.6) is 0 Å². The van der Waals surface area contributed by atoms with Crippen molar-refractivity contribution < 1.29 is 4.92 Å². The van der Waals surface area contributed by atoms with E-state index in [0.29, 0.717) is 5.92 Å². The standard InChI is InChI=1S/C19H22N2O2/c1-2-15-5-7-16(8-6-15)17-4-3-13-20(14-17)18-9-11-19(12-10-18)21(22)23/h5-12,17H,2-4,13-14H2,1H3. The highest BCUT2D eigenvalue weighted by atomic mass is 16.6. The first-order valence-electron chi connectivity index (χ1n) is 8.25. The Hall–Kier alpha value is -2.36. The summed E-state index contributed by atoms with van der Waals surface area (Å²) in [6.07, 6.45) is 3.42. The topological polar surface area (TPSA) is 46.4 Å². The Bertz CT molecular complexity index is 665. The molecule has 0 bridgehead atoms. The van der Waals surface area contributed by atoms with Crippen LogP contribution in [0, 0.1) is 10.1 Å². The molecule has 2 aromatic carbocycles. The van der Waals surface area contributed by atoms with Crippen LogP contribution in [0.15, 0.2) is 48.5 Å². The van der Waals surface area contributed by atoms with Gasteiger partial charge in [0.05, 0.1) is 4.92 Å². The van der Waals surface area contributed by atoms with Crippen molar-refractivity contribution in [3.63, 3.8) is 0 Å². The van der Waals surface area contributed by atoms with Gasteiger partial charge in [-0.05, 0) is 42.5 Å². The normalized spacial score (nSPS) is 18.0. The third-order valence-electron chi connectivity index (χ3n) is 4.71. The molecule has 0 saturated carbocycles. The van der Waals surface area contributed by atoms with Crippen LogP contribution in [-0.2, 0) is 6.42 Å². The van der Waals surface area contributed by atoms with Gasteiger partial charge in [0.2, 0.25) is 0 Å². The van der Waals surface area contributed by atoms with Crippen LogP contribution >= 0.6 is 0 Å². The Morgan fingerprint density at radius 3 is 2.43 bits per heavy atom. The molecule has 0 spiro atoms. The summed E-state index contributed by atoms with van der Waals surface area (Å²) in [6.45, 7) is 4.16. The Kier molecular flexibility index (Phi) is 4.60. The molecule has 1 saturated heterocycles. The lowest BCUT2D eigenvalue weighted by Gasteiger charge is -2.34. The summed E-state index contributed by atoms with van der Waals surface area (Å²) in [5, 5.41) is 10.8. The van der Waals surface area contributed by atoms with Crippen LogP contribution in [0.25, 0.3) is 0 Å². The van der Waals surface area contributed by atoms with Crippen molar-refractivity contribution in [3.05, 3.63) is 69.8 Å². The first-order valence-corrected chi connectivity index (χ1v) is 8.25. The molecular weight excluding hydrogens is 288 g/mol. The van der Waals surface area contributed by atoms with E-state index in [1.807, 2.05) is 12.1 Å². The zero-order valence-electron chi connectivity index (χ0n) is 13.4. The molecular formula is C19H22N2O2. The highest BCUT2D eigenvalue weighted by Crippen LogP contribution is 2.30. The average molecular weight is 310 g/mol. The van der Waals surface area contributed by atoms with Crippen molar-refractivity contribution in [2.24, 2.45) is 0 Å². The monoisotopic (exact) mass is 310 g/mol.